The second kappa shape index (κ2) is 3.71. The lowest BCUT2D eigenvalue weighted by atomic mass is 10.0. The van der Waals surface area contributed by atoms with Crippen LogP contribution in [0.4, 0.5) is 0 Å². The molecule has 76 valence electrons. The highest BCUT2D eigenvalue weighted by Crippen LogP contribution is 2.48. The summed E-state index contributed by atoms with van der Waals surface area (Å²) in [6.45, 7) is 0.217. The summed E-state index contributed by atoms with van der Waals surface area (Å²) < 4.78 is 5.49. The molecule has 1 N–H and O–H groups in total. The lowest BCUT2D eigenvalue weighted by molar-refractivity contribution is 0.0789. The van der Waals surface area contributed by atoms with Crippen LogP contribution in [0.3, 0.4) is 0 Å². The maximum absolute atomic E-state index is 8.78. The zero-order valence-electron chi connectivity index (χ0n) is 8.49. The molecule has 1 aliphatic rings. The van der Waals surface area contributed by atoms with E-state index in [2.05, 4.69) is 24.3 Å². The van der Waals surface area contributed by atoms with E-state index in [1.807, 2.05) is 0 Å². The minimum Gasteiger partial charge on any atom is -0.396 e. The normalized spacial score (nSPS) is 18.1. The van der Waals surface area contributed by atoms with Crippen molar-refractivity contribution in [3.8, 4) is 0 Å². The first-order chi connectivity index (χ1) is 6.80. The van der Waals surface area contributed by atoms with E-state index in [1.54, 1.807) is 7.11 Å². The van der Waals surface area contributed by atoms with E-state index in [-0.39, 0.29) is 12.2 Å². The van der Waals surface area contributed by atoms with Gasteiger partial charge in [-0.05, 0) is 30.4 Å². The molecule has 0 bridgehead atoms. The first-order valence-corrected chi connectivity index (χ1v) is 5.06. The van der Waals surface area contributed by atoms with Crippen molar-refractivity contribution in [3.63, 3.8) is 0 Å². The Morgan fingerprint density at radius 3 is 2.36 bits per heavy atom. The average molecular weight is 192 g/mol. The van der Waals surface area contributed by atoms with Crippen LogP contribution in [0.2, 0.25) is 0 Å². The van der Waals surface area contributed by atoms with Crippen LogP contribution in [0, 0.1) is 0 Å². The van der Waals surface area contributed by atoms with Gasteiger partial charge in [0.25, 0.3) is 0 Å². The number of aliphatic hydroxyl groups excluding tert-OH is 1. The smallest absolute Gasteiger partial charge is 0.0929 e. The molecule has 14 heavy (non-hydrogen) atoms. The predicted molar refractivity (Wildman–Crippen MR) is 55.2 cm³/mol. The molecule has 0 spiro atoms. The lowest BCUT2D eigenvalue weighted by Gasteiger charge is -2.13. The highest BCUT2D eigenvalue weighted by molar-refractivity contribution is 5.31. The highest BCUT2D eigenvalue weighted by Gasteiger charge is 2.44. The molecule has 1 aromatic carbocycles. The van der Waals surface area contributed by atoms with Gasteiger partial charge in [-0.1, -0.05) is 24.3 Å². The van der Waals surface area contributed by atoms with Crippen molar-refractivity contribution < 1.29 is 9.84 Å². The average Bonchev–Trinajstić information content (AvgIpc) is 3.00. The zero-order chi connectivity index (χ0) is 10.0. The summed E-state index contributed by atoms with van der Waals surface area (Å²) in [5.41, 5.74) is 2.46. The van der Waals surface area contributed by atoms with Gasteiger partial charge in [0.05, 0.1) is 5.60 Å². The van der Waals surface area contributed by atoms with Crippen LogP contribution in [0.1, 0.15) is 24.0 Å². The van der Waals surface area contributed by atoms with E-state index in [4.69, 9.17) is 9.84 Å². The Hall–Kier alpha value is -0.860. The van der Waals surface area contributed by atoms with Crippen LogP contribution in [0.25, 0.3) is 0 Å². The topological polar surface area (TPSA) is 29.5 Å². The molecule has 2 nitrogen and oxygen atoms in total. The van der Waals surface area contributed by atoms with Gasteiger partial charge >= 0.3 is 0 Å². The van der Waals surface area contributed by atoms with Crippen LogP contribution < -0.4 is 0 Å². The van der Waals surface area contributed by atoms with Crippen LogP contribution in [0.15, 0.2) is 24.3 Å². The van der Waals surface area contributed by atoms with Crippen LogP contribution in [0.5, 0.6) is 0 Å². The summed E-state index contributed by atoms with van der Waals surface area (Å²) >= 11 is 0. The SMILES string of the molecule is COC1(c2ccc(CCO)cc2)CC1. The van der Waals surface area contributed by atoms with Crippen molar-refractivity contribution in [2.75, 3.05) is 13.7 Å². The predicted octanol–water partition coefficient (Wildman–Crippen LogP) is 1.86. The number of methoxy groups -OCH3 is 1. The third kappa shape index (κ3) is 1.68. The van der Waals surface area contributed by atoms with Crippen LogP contribution >= 0.6 is 0 Å². The van der Waals surface area contributed by atoms with Gasteiger partial charge in [-0.15, -0.1) is 0 Å². The molecule has 0 radical (unpaired) electrons. The third-order valence-electron chi connectivity index (χ3n) is 2.98. The Balaban J connectivity index is 2.14. The van der Waals surface area contributed by atoms with E-state index >= 15 is 0 Å². The molecule has 0 aromatic heterocycles. The monoisotopic (exact) mass is 192 g/mol. The van der Waals surface area contributed by atoms with E-state index in [9.17, 15) is 0 Å². The molecule has 1 aromatic rings. The van der Waals surface area contributed by atoms with Gasteiger partial charge in [0, 0.05) is 13.7 Å². The summed E-state index contributed by atoms with van der Waals surface area (Å²) in [5, 5.41) is 8.78. The maximum atomic E-state index is 8.78. The number of benzene rings is 1. The van der Waals surface area contributed by atoms with Crippen LogP contribution in [-0.4, -0.2) is 18.8 Å². The molecule has 0 saturated heterocycles. The fourth-order valence-electron chi connectivity index (χ4n) is 1.83. The largest absolute Gasteiger partial charge is 0.396 e. The quantitative estimate of drug-likeness (QED) is 0.789. The van der Waals surface area contributed by atoms with Crippen molar-refractivity contribution in [1.29, 1.82) is 0 Å². The van der Waals surface area contributed by atoms with Gasteiger partial charge in [0.1, 0.15) is 0 Å². The zero-order valence-corrected chi connectivity index (χ0v) is 8.49. The first kappa shape index (κ1) is 9.69. The minimum atomic E-state index is 0.0117. The molecule has 2 heteroatoms. The summed E-state index contributed by atoms with van der Waals surface area (Å²) in [6, 6.07) is 8.37. The fraction of sp³-hybridized carbons (Fsp3) is 0.500. The molecular formula is C12H16O2. The van der Waals surface area contributed by atoms with Crippen molar-refractivity contribution in [2.45, 2.75) is 24.9 Å². The molecule has 0 amide bonds. The number of rotatable bonds is 4. The maximum Gasteiger partial charge on any atom is 0.0929 e. The van der Waals surface area contributed by atoms with Gasteiger partial charge in [0.2, 0.25) is 0 Å². The third-order valence-corrected chi connectivity index (χ3v) is 2.98. The molecule has 0 heterocycles. The van der Waals surface area contributed by atoms with E-state index in [0.29, 0.717) is 0 Å². The van der Waals surface area contributed by atoms with Gasteiger partial charge in [-0.25, -0.2) is 0 Å². The standard InChI is InChI=1S/C12H16O2/c1-14-12(7-8-12)11-4-2-10(3-5-11)6-9-13/h2-5,13H,6-9H2,1H3. The van der Waals surface area contributed by atoms with Crippen LogP contribution in [-0.2, 0) is 16.8 Å². The molecule has 1 aliphatic carbocycles. The summed E-state index contributed by atoms with van der Waals surface area (Å²) in [7, 11) is 1.77. The van der Waals surface area contributed by atoms with Crippen molar-refractivity contribution in [1.82, 2.24) is 0 Å². The fourth-order valence-corrected chi connectivity index (χ4v) is 1.83. The van der Waals surface area contributed by atoms with Crippen molar-refractivity contribution in [3.05, 3.63) is 35.4 Å². The lowest BCUT2D eigenvalue weighted by Crippen LogP contribution is -2.08. The number of aliphatic hydroxyl groups is 1. The second-order valence-electron chi connectivity index (χ2n) is 3.87. The summed E-state index contributed by atoms with van der Waals surface area (Å²) in [6.07, 6.45) is 2.99. The van der Waals surface area contributed by atoms with Gasteiger partial charge < -0.3 is 9.84 Å². The molecule has 0 unspecified atom stereocenters. The Morgan fingerprint density at radius 2 is 1.93 bits per heavy atom. The molecular weight excluding hydrogens is 176 g/mol. The van der Waals surface area contributed by atoms with E-state index in [1.165, 1.54) is 11.1 Å². The minimum absolute atomic E-state index is 0.0117. The highest BCUT2D eigenvalue weighted by atomic mass is 16.5. The molecule has 1 fully saturated rings. The van der Waals surface area contributed by atoms with Crippen molar-refractivity contribution in [2.24, 2.45) is 0 Å². The van der Waals surface area contributed by atoms with E-state index < -0.39 is 0 Å². The Labute approximate surface area is 84.5 Å². The first-order valence-electron chi connectivity index (χ1n) is 5.06. The molecule has 1 saturated carbocycles. The number of hydrogen-bond acceptors (Lipinski definition) is 2. The number of ether oxygens (including phenoxy) is 1. The second-order valence-corrected chi connectivity index (χ2v) is 3.87. The van der Waals surface area contributed by atoms with Gasteiger partial charge in [0.15, 0.2) is 0 Å². The molecule has 0 aliphatic heterocycles. The molecule has 2 rings (SSSR count). The van der Waals surface area contributed by atoms with Gasteiger partial charge in [-0.3, -0.25) is 0 Å². The van der Waals surface area contributed by atoms with Crippen molar-refractivity contribution >= 4 is 0 Å². The molecule has 0 atom stereocenters. The summed E-state index contributed by atoms with van der Waals surface area (Å²) in [5.74, 6) is 0. The van der Waals surface area contributed by atoms with E-state index in [0.717, 1.165) is 19.3 Å². The Kier molecular flexibility index (Phi) is 2.57. The van der Waals surface area contributed by atoms with Gasteiger partial charge in [-0.2, -0.15) is 0 Å². The number of hydrogen-bond donors (Lipinski definition) is 1. The Bertz CT molecular complexity index is 299. The summed E-state index contributed by atoms with van der Waals surface area (Å²) in [4.78, 5) is 0. The Morgan fingerprint density at radius 1 is 1.29 bits per heavy atom.